The molecule has 2 aromatic carbocycles. The van der Waals surface area contributed by atoms with Crippen LogP contribution < -0.4 is 15.8 Å². The lowest BCUT2D eigenvalue weighted by Gasteiger charge is -2.13. The fourth-order valence-electron chi connectivity index (χ4n) is 2.36. The predicted molar refractivity (Wildman–Crippen MR) is 97.1 cm³/mol. The zero-order valence-electron chi connectivity index (χ0n) is 14.0. The lowest BCUT2D eigenvalue weighted by atomic mass is 10.1. The van der Waals surface area contributed by atoms with Crippen molar-refractivity contribution in [2.75, 3.05) is 11.1 Å². The van der Waals surface area contributed by atoms with Gasteiger partial charge in [-0.1, -0.05) is 11.6 Å². The first kappa shape index (κ1) is 17.9. The number of hydrogen-bond donors (Lipinski definition) is 2. The first-order valence-electron chi connectivity index (χ1n) is 7.62. The summed E-state index contributed by atoms with van der Waals surface area (Å²) in [7, 11) is 0. The molecule has 0 fully saturated rings. The second-order valence-corrected chi connectivity index (χ2v) is 6.04. The quantitative estimate of drug-likeness (QED) is 0.659. The Morgan fingerprint density at radius 3 is 2.42 bits per heavy atom. The number of rotatable bonds is 4. The van der Waals surface area contributed by atoms with Gasteiger partial charge in [-0.2, -0.15) is 4.98 Å². The molecule has 0 atom stereocenters. The van der Waals surface area contributed by atoms with E-state index in [9.17, 15) is 8.78 Å². The summed E-state index contributed by atoms with van der Waals surface area (Å²) in [5, 5.41) is 3.36. The molecule has 26 heavy (non-hydrogen) atoms. The smallest absolute Gasteiger partial charge is 0.248 e. The maximum Gasteiger partial charge on any atom is 0.248 e. The molecule has 0 amide bonds. The molecule has 8 heteroatoms. The van der Waals surface area contributed by atoms with Crippen LogP contribution in [0.5, 0.6) is 11.6 Å². The molecule has 0 aliphatic carbocycles. The number of halogens is 3. The Morgan fingerprint density at radius 1 is 1.08 bits per heavy atom. The summed E-state index contributed by atoms with van der Waals surface area (Å²) in [6, 6.07) is 6.64. The van der Waals surface area contributed by atoms with Crippen molar-refractivity contribution >= 4 is 28.8 Å². The second-order valence-electron chi connectivity index (χ2n) is 5.66. The van der Waals surface area contributed by atoms with Crippen molar-refractivity contribution in [3.8, 4) is 11.6 Å². The van der Waals surface area contributed by atoms with Gasteiger partial charge in [0.05, 0.1) is 5.69 Å². The Balaban J connectivity index is 1.90. The minimum absolute atomic E-state index is 0.0286. The van der Waals surface area contributed by atoms with Gasteiger partial charge in [-0.3, -0.25) is 0 Å². The zero-order valence-corrected chi connectivity index (χ0v) is 14.7. The zero-order chi connectivity index (χ0) is 18.8. The largest absolute Gasteiger partial charge is 0.437 e. The monoisotopic (exact) mass is 376 g/mol. The third-order valence-electron chi connectivity index (χ3n) is 3.66. The van der Waals surface area contributed by atoms with E-state index in [-0.39, 0.29) is 23.1 Å². The number of anilines is 3. The Bertz CT molecular complexity index is 958. The van der Waals surface area contributed by atoms with Gasteiger partial charge in [0.25, 0.3) is 0 Å². The van der Waals surface area contributed by atoms with Gasteiger partial charge in [0.1, 0.15) is 29.4 Å². The molecule has 0 saturated carbocycles. The number of nitrogens with two attached hydrogens (primary N) is 1. The van der Waals surface area contributed by atoms with Crippen LogP contribution in [0.15, 0.2) is 36.7 Å². The summed E-state index contributed by atoms with van der Waals surface area (Å²) in [6.45, 7) is 3.71. The van der Waals surface area contributed by atoms with Gasteiger partial charge in [0.2, 0.25) is 5.88 Å². The average Bonchev–Trinajstić information content (AvgIpc) is 2.58. The van der Waals surface area contributed by atoms with Crippen molar-refractivity contribution in [1.29, 1.82) is 0 Å². The van der Waals surface area contributed by atoms with E-state index in [0.29, 0.717) is 10.8 Å². The highest BCUT2D eigenvalue weighted by Crippen LogP contribution is 2.33. The highest BCUT2D eigenvalue weighted by molar-refractivity contribution is 6.32. The molecule has 0 spiro atoms. The summed E-state index contributed by atoms with van der Waals surface area (Å²) in [4.78, 5) is 7.99. The maximum atomic E-state index is 13.8. The number of nitrogens with one attached hydrogen (secondary N) is 1. The summed E-state index contributed by atoms with van der Waals surface area (Å²) in [5.74, 6) is -0.696. The molecular weight excluding hydrogens is 362 g/mol. The molecule has 0 radical (unpaired) electrons. The molecule has 1 heterocycles. The van der Waals surface area contributed by atoms with E-state index >= 15 is 0 Å². The number of benzene rings is 2. The van der Waals surface area contributed by atoms with Gasteiger partial charge >= 0.3 is 0 Å². The summed E-state index contributed by atoms with van der Waals surface area (Å²) < 4.78 is 32.6. The molecule has 0 bridgehead atoms. The molecule has 0 saturated heterocycles. The molecule has 3 aromatic rings. The number of nitrogens with zero attached hydrogens (tertiary/aromatic N) is 2. The highest BCUT2D eigenvalue weighted by atomic mass is 35.5. The standard InChI is InChI=1S/C18H15ClF2N4O/c1-9-5-12(6-10(2)15(9)19)26-18-16(22)17(23-8-24-18)25-14-4-3-11(20)7-13(14)21/h3-8H,22H2,1-2H3,(H,23,24,25). The van der Waals surface area contributed by atoms with Crippen molar-refractivity contribution in [2.45, 2.75) is 13.8 Å². The normalized spacial score (nSPS) is 10.7. The number of aromatic nitrogens is 2. The number of ether oxygens (including phenoxy) is 1. The first-order chi connectivity index (χ1) is 12.3. The van der Waals surface area contributed by atoms with Gasteiger partial charge in [-0.05, 0) is 49.2 Å². The molecule has 3 rings (SSSR count). The highest BCUT2D eigenvalue weighted by Gasteiger charge is 2.14. The van der Waals surface area contributed by atoms with Crippen LogP contribution in [-0.2, 0) is 0 Å². The summed E-state index contributed by atoms with van der Waals surface area (Å²) in [5.41, 5.74) is 7.84. The third kappa shape index (κ3) is 3.67. The molecule has 1 aromatic heterocycles. The van der Waals surface area contributed by atoms with Crippen LogP contribution in [0.3, 0.4) is 0 Å². The van der Waals surface area contributed by atoms with Crippen LogP contribution in [0.4, 0.5) is 26.0 Å². The molecule has 0 aliphatic rings. The molecule has 0 aliphatic heterocycles. The fraction of sp³-hybridized carbons (Fsp3) is 0.111. The Labute approximate surface area is 153 Å². The predicted octanol–water partition coefficient (Wildman–Crippen LogP) is 5.14. The van der Waals surface area contributed by atoms with Gasteiger partial charge in [-0.25, -0.2) is 13.8 Å². The number of hydrogen-bond acceptors (Lipinski definition) is 5. The van der Waals surface area contributed by atoms with Crippen LogP contribution in [0.2, 0.25) is 5.02 Å². The number of aryl methyl sites for hydroxylation is 2. The second kappa shape index (κ2) is 7.13. The minimum atomic E-state index is -0.769. The van der Waals surface area contributed by atoms with E-state index in [0.717, 1.165) is 23.3 Å². The fourth-order valence-corrected chi connectivity index (χ4v) is 2.46. The van der Waals surface area contributed by atoms with Crippen LogP contribution in [0.1, 0.15) is 11.1 Å². The van der Waals surface area contributed by atoms with Crippen molar-refractivity contribution in [3.63, 3.8) is 0 Å². The van der Waals surface area contributed by atoms with Gasteiger partial charge in [0, 0.05) is 11.1 Å². The molecule has 0 unspecified atom stereocenters. The van der Waals surface area contributed by atoms with Gasteiger partial charge < -0.3 is 15.8 Å². The Kier molecular flexibility index (Phi) is 4.90. The van der Waals surface area contributed by atoms with Crippen LogP contribution >= 0.6 is 11.6 Å². The molecule has 134 valence electrons. The van der Waals surface area contributed by atoms with Gasteiger partial charge in [-0.15, -0.1) is 0 Å². The Morgan fingerprint density at radius 2 is 1.77 bits per heavy atom. The van der Waals surface area contributed by atoms with E-state index < -0.39 is 11.6 Å². The molecular formula is C18H15ClF2N4O. The van der Waals surface area contributed by atoms with Crippen LogP contribution in [0.25, 0.3) is 0 Å². The van der Waals surface area contributed by atoms with Crippen molar-refractivity contribution in [1.82, 2.24) is 9.97 Å². The molecule has 5 nitrogen and oxygen atoms in total. The maximum absolute atomic E-state index is 13.8. The first-order valence-corrected chi connectivity index (χ1v) is 8.00. The Hall–Kier alpha value is -2.93. The van der Waals surface area contributed by atoms with Crippen molar-refractivity contribution in [2.24, 2.45) is 0 Å². The topological polar surface area (TPSA) is 73.1 Å². The van der Waals surface area contributed by atoms with Crippen molar-refractivity contribution in [3.05, 3.63) is 64.4 Å². The summed E-state index contributed by atoms with van der Waals surface area (Å²) in [6.07, 6.45) is 1.23. The summed E-state index contributed by atoms with van der Waals surface area (Å²) >= 11 is 6.15. The average molecular weight is 377 g/mol. The SMILES string of the molecule is Cc1cc(Oc2ncnc(Nc3ccc(F)cc3F)c2N)cc(C)c1Cl. The molecule has 3 N–H and O–H groups in total. The lowest BCUT2D eigenvalue weighted by molar-refractivity contribution is 0.464. The van der Waals surface area contributed by atoms with Crippen molar-refractivity contribution < 1.29 is 13.5 Å². The van der Waals surface area contributed by atoms with E-state index in [1.165, 1.54) is 12.4 Å². The van der Waals surface area contributed by atoms with E-state index in [2.05, 4.69) is 15.3 Å². The lowest BCUT2D eigenvalue weighted by Crippen LogP contribution is -2.04. The van der Waals surface area contributed by atoms with E-state index in [4.69, 9.17) is 22.1 Å². The van der Waals surface area contributed by atoms with E-state index in [1.807, 2.05) is 13.8 Å². The van der Waals surface area contributed by atoms with Crippen LogP contribution in [0, 0.1) is 25.5 Å². The van der Waals surface area contributed by atoms with Gasteiger partial charge in [0.15, 0.2) is 5.82 Å². The van der Waals surface area contributed by atoms with Crippen LogP contribution in [-0.4, -0.2) is 9.97 Å². The third-order valence-corrected chi connectivity index (χ3v) is 4.25. The van der Waals surface area contributed by atoms with E-state index in [1.54, 1.807) is 12.1 Å². The minimum Gasteiger partial charge on any atom is -0.437 e. The number of nitrogen functional groups attached to an aromatic ring is 1.